The standard InChI is InChI=1S/C19H24N2O3S/c1-23-15-11-13-7-9-21(18(22)6-3-8-20)19(17-5-4-10-25-17)14(13)12-16(15)24-2/h4-5,10-12,19H,3,6-9,20H2,1-2H3. The number of hydrogen-bond acceptors (Lipinski definition) is 5. The molecule has 0 spiro atoms. The maximum Gasteiger partial charge on any atom is 0.223 e. The second-order valence-electron chi connectivity index (χ2n) is 6.05. The number of fused-ring (bicyclic) bond motifs is 1. The summed E-state index contributed by atoms with van der Waals surface area (Å²) < 4.78 is 10.9. The fourth-order valence-electron chi connectivity index (χ4n) is 3.37. The second kappa shape index (κ2) is 7.89. The van der Waals surface area contributed by atoms with Gasteiger partial charge in [0, 0.05) is 17.8 Å². The second-order valence-corrected chi connectivity index (χ2v) is 7.03. The van der Waals surface area contributed by atoms with Gasteiger partial charge in [0.05, 0.1) is 20.3 Å². The van der Waals surface area contributed by atoms with Crippen molar-refractivity contribution in [3.8, 4) is 11.5 Å². The highest BCUT2D eigenvalue weighted by atomic mass is 32.1. The monoisotopic (exact) mass is 360 g/mol. The summed E-state index contributed by atoms with van der Waals surface area (Å²) in [5.41, 5.74) is 7.91. The molecule has 2 aromatic rings. The van der Waals surface area contributed by atoms with E-state index in [0.717, 1.165) is 22.6 Å². The molecule has 5 nitrogen and oxygen atoms in total. The number of amides is 1. The Labute approximate surface area is 152 Å². The zero-order chi connectivity index (χ0) is 17.8. The van der Waals surface area contributed by atoms with Crippen LogP contribution in [0.15, 0.2) is 29.6 Å². The van der Waals surface area contributed by atoms with Crippen LogP contribution in [0.1, 0.15) is 34.9 Å². The number of methoxy groups -OCH3 is 2. The smallest absolute Gasteiger partial charge is 0.223 e. The van der Waals surface area contributed by atoms with E-state index < -0.39 is 0 Å². The van der Waals surface area contributed by atoms with E-state index in [9.17, 15) is 4.79 Å². The fraction of sp³-hybridized carbons (Fsp3) is 0.421. The first-order valence-corrected chi connectivity index (χ1v) is 9.35. The summed E-state index contributed by atoms with van der Waals surface area (Å²) in [5.74, 6) is 1.58. The number of carbonyl (C=O) groups is 1. The molecule has 0 aliphatic carbocycles. The highest BCUT2D eigenvalue weighted by Gasteiger charge is 2.33. The van der Waals surface area contributed by atoms with E-state index in [1.807, 2.05) is 28.5 Å². The first-order valence-electron chi connectivity index (χ1n) is 8.47. The van der Waals surface area contributed by atoms with Crippen LogP contribution in [0.25, 0.3) is 0 Å². The topological polar surface area (TPSA) is 64.8 Å². The molecule has 1 aromatic carbocycles. The van der Waals surface area contributed by atoms with Gasteiger partial charge >= 0.3 is 0 Å². The van der Waals surface area contributed by atoms with Gasteiger partial charge in [-0.3, -0.25) is 4.79 Å². The van der Waals surface area contributed by atoms with Crippen molar-refractivity contribution in [2.75, 3.05) is 27.3 Å². The summed E-state index contributed by atoms with van der Waals surface area (Å²) in [6, 6.07) is 8.09. The Morgan fingerprint density at radius 3 is 2.72 bits per heavy atom. The summed E-state index contributed by atoms with van der Waals surface area (Å²) in [5, 5.41) is 2.05. The minimum atomic E-state index is -0.0752. The highest BCUT2D eigenvalue weighted by molar-refractivity contribution is 7.10. The minimum Gasteiger partial charge on any atom is -0.493 e. The molecule has 134 valence electrons. The molecule has 25 heavy (non-hydrogen) atoms. The van der Waals surface area contributed by atoms with E-state index in [1.54, 1.807) is 25.6 Å². The molecule has 1 aliphatic rings. The van der Waals surface area contributed by atoms with Gasteiger partial charge < -0.3 is 20.1 Å². The number of ether oxygens (including phenoxy) is 2. The van der Waals surface area contributed by atoms with Gasteiger partial charge in [-0.25, -0.2) is 0 Å². The van der Waals surface area contributed by atoms with E-state index in [1.165, 1.54) is 5.56 Å². The lowest BCUT2D eigenvalue weighted by Crippen LogP contribution is -2.40. The Bertz CT molecular complexity index is 731. The zero-order valence-electron chi connectivity index (χ0n) is 14.7. The molecule has 0 radical (unpaired) electrons. The average molecular weight is 360 g/mol. The van der Waals surface area contributed by atoms with Gasteiger partial charge in [0.15, 0.2) is 11.5 Å². The molecule has 1 atom stereocenters. The molecule has 1 amide bonds. The van der Waals surface area contributed by atoms with Crippen LogP contribution in [0.3, 0.4) is 0 Å². The molecule has 1 aromatic heterocycles. The number of nitrogens with zero attached hydrogens (tertiary/aromatic N) is 1. The van der Waals surface area contributed by atoms with Crippen LogP contribution in [0.4, 0.5) is 0 Å². The number of rotatable bonds is 6. The third-order valence-electron chi connectivity index (χ3n) is 4.60. The van der Waals surface area contributed by atoms with E-state index in [2.05, 4.69) is 6.07 Å². The first-order chi connectivity index (χ1) is 12.2. The first kappa shape index (κ1) is 17.8. The predicted octanol–water partition coefficient (Wildman–Crippen LogP) is 2.98. The van der Waals surface area contributed by atoms with Crippen LogP contribution in [0.5, 0.6) is 11.5 Å². The maximum atomic E-state index is 12.8. The normalized spacial score (nSPS) is 16.4. The number of benzene rings is 1. The van der Waals surface area contributed by atoms with Crippen molar-refractivity contribution < 1.29 is 14.3 Å². The summed E-state index contributed by atoms with van der Waals surface area (Å²) in [6.07, 6.45) is 2.01. The van der Waals surface area contributed by atoms with Gasteiger partial charge in [0.1, 0.15) is 0 Å². The molecule has 1 unspecified atom stereocenters. The third kappa shape index (κ3) is 3.50. The van der Waals surface area contributed by atoms with Crippen molar-refractivity contribution in [3.63, 3.8) is 0 Å². The van der Waals surface area contributed by atoms with Crippen molar-refractivity contribution in [1.29, 1.82) is 0 Å². The van der Waals surface area contributed by atoms with Crippen molar-refractivity contribution >= 4 is 17.2 Å². The van der Waals surface area contributed by atoms with Crippen molar-refractivity contribution in [2.24, 2.45) is 5.73 Å². The Balaban J connectivity index is 2.04. The highest BCUT2D eigenvalue weighted by Crippen LogP contribution is 2.42. The number of thiophene rings is 1. The molecule has 3 rings (SSSR count). The molecule has 0 saturated heterocycles. The van der Waals surface area contributed by atoms with Crippen LogP contribution >= 0.6 is 11.3 Å². The zero-order valence-corrected chi connectivity index (χ0v) is 15.5. The molecule has 0 fully saturated rings. The fourth-order valence-corrected chi connectivity index (χ4v) is 4.22. The maximum absolute atomic E-state index is 12.8. The number of nitrogens with two attached hydrogens (primary N) is 1. The average Bonchev–Trinajstić information content (AvgIpc) is 3.18. The quantitative estimate of drug-likeness (QED) is 0.860. The van der Waals surface area contributed by atoms with Crippen LogP contribution in [-0.4, -0.2) is 38.1 Å². The van der Waals surface area contributed by atoms with E-state index in [0.29, 0.717) is 31.7 Å². The van der Waals surface area contributed by atoms with Gasteiger partial charge in [-0.1, -0.05) is 6.07 Å². The lowest BCUT2D eigenvalue weighted by Gasteiger charge is -2.37. The molecular formula is C19H24N2O3S. The largest absolute Gasteiger partial charge is 0.493 e. The van der Waals surface area contributed by atoms with Crippen molar-refractivity contribution in [1.82, 2.24) is 4.90 Å². The van der Waals surface area contributed by atoms with Crippen LogP contribution in [-0.2, 0) is 11.2 Å². The Hall–Kier alpha value is -2.05. The molecule has 6 heteroatoms. The molecule has 0 bridgehead atoms. The molecule has 2 heterocycles. The van der Waals surface area contributed by atoms with E-state index >= 15 is 0 Å². The van der Waals surface area contributed by atoms with Gasteiger partial charge in [0.25, 0.3) is 0 Å². The summed E-state index contributed by atoms with van der Waals surface area (Å²) in [7, 11) is 3.28. The lowest BCUT2D eigenvalue weighted by atomic mass is 9.90. The Kier molecular flexibility index (Phi) is 5.60. The van der Waals surface area contributed by atoms with Crippen molar-refractivity contribution in [2.45, 2.75) is 25.3 Å². The molecule has 0 saturated carbocycles. The van der Waals surface area contributed by atoms with Crippen LogP contribution in [0, 0.1) is 0 Å². The predicted molar refractivity (Wildman–Crippen MR) is 99.4 cm³/mol. The van der Waals surface area contributed by atoms with Crippen molar-refractivity contribution in [3.05, 3.63) is 45.6 Å². The molecule has 2 N–H and O–H groups in total. The Morgan fingerprint density at radius 2 is 2.08 bits per heavy atom. The van der Waals surface area contributed by atoms with Gasteiger partial charge in [0.2, 0.25) is 5.91 Å². The molecular weight excluding hydrogens is 336 g/mol. The SMILES string of the molecule is COc1cc2c(cc1OC)C(c1cccs1)N(C(=O)CCCN)CC2. The van der Waals surface area contributed by atoms with Crippen LogP contribution in [0.2, 0.25) is 0 Å². The molecule has 1 aliphatic heterocycles. The number of hydrogen-bond donors (Lipinski definition) is 1. The summed E-state index contributed by atoms with van der Waals surface area (Å²) in [4.78, 5) is 15.9. The summed E-state index contributed by atoms with van der Waals surface area (Å²) >= 11 is 1.67. The van der Waals surface area contributed by atoms with Gasteiger partial charge in [-0.15, -0.1) is 11.3 Å². The lowest BCUT2D eigenvalue weighted by molar-refractivity contribution is -0.133. The van der Waals surface area contributed by atoms with E-state index in [-0.39, 0.29) is 11.9 Å². The van der Waals surface area contributed by atoms with Gasteiger partial charge in [-0.05, 0) is 54.1 Å². The van der Waals surface area contributed by atoms with Crippen LogP contribution < -0.4 is 15.2 Å². The third-order valence-corrected chi connectivity index (χ3v) is 5.53. The minimum absolute atomic E-state index is 0.0752. The summed E-state index contributed by atoms with van der Waals surface area (Å²) in [6.45, 7) is 1.24. The number of carbonyl (C=O) groups excluding carboxylic acids is 1. The van der Waals surface area contributed by atoms with E-state index in [4.69, 9.17) is 15.2 Å². The Morgan fingerprint density at radius 1 is 1.32 bits per heavy atom. The van der Waals surface area contributed by atoms with Gasteiger partial charge in [-0.2, -0.15) is 0 Å².